The first-order valence-electron chi connectivity index (χ1n) is 24.4. The number of amides is 1. The summed E-state index contributed by atoms with van der Waals surface area (Å²) in [6.07, 6.45) is 3.81. The molecule has 5 heteroatoms. The molecule has 0 radical (unpaired) electrons. The number of pyridine rings is 2. The molecule has 0 N–H and O–H groups in total. The second-order valence-electron chi connectivity index (χ2n) is 15.3. The van der Waals surface area contributed by atoms with Gasteiger partial charge < -0.3 is 9.80 Å². The molecule has 0 atom stereocenters. The number of rotatable bonds is 9. The third-order valence-electron chi connectivity index (χ3n) is 10.2. The van der Waals surface area contributed by atoms with Gasteiger partial charge in [-0.3, -0.25) is 14.8 Å². The molecule has 65 heavy (non-hydrogen) atoms. The molecule has 2 heterocycles. The fourth-order valence-corrected chi connectivity index (χ4v) is 7.02. The van der Waals surface area contributed by atoms with Gasteiger partial charge in [-0.2, -0.15) is 0 Å². The monoisotopic (exact) mass is 883 g/mol. The number of aryl methyl sites for hydroxylation is 4. The highest BCUT2D eigenvalue weighted by atomic mass is 16.2. The van der Waals surface area contributed by atoms with Crippen molar-refractivity contribution in [2.45, 2.75) is 149 Å². The Morgan fingerprint density at radius 1 is 0.462 bits per heavy atom. The van der Waals surface area contributed by atoms with Gasteiger partial charge in [0.1, 0.15) is 0 Å². The van der Waals surface area contributed by atoms with Crippen molar-refractivity contribution in [3.8, 4) is 22.3 Å². The highest BCUT2D eigenvalue weighted by Crippen LogP contribution is 2.36. The summed E-state index contributed by atoms with van der Waals surface area (Å²) in [5.74, 6) is 0.0363. The van der Waals surface area contributed by atoms with Crippen LogP contribution in [0.15, 0.2) is 134 Å². The molecule has 5 nitrogen and oxygen atoms in total. The molecule has 4 aromatic carbocycles. The van der Waals surface area contributed by atoms with Crippen molar-refractivity contribution in [1.29, 1.82) is 0 Å². The van der Waals surface area contributed by atoms with Crippen molar-refractivity contribution < 1.29 is 4.79 Å². The maximum atomic E-state index is 13.4. The predicted octanol–water partition coefficient (Wildman–Crippen LogP) is 17.2. The van der Waals surface area contributed by atoms with Crippen LogP contribution >= 0.6 is 0 Å². The van der Waals surface area contributed by atoms with Crippen molar-refractivity contribution in [3.63, 3.8) is 0 Å². The standard InChI is InChI=1S/C24H26N2O.C24H28N2.6C2H6/c1-17-11-9-10-14-20(17)21-15-18(2)25-16-22(21)26(5)23(27)24(3,4)19-12-7-6-8-13-19;1-18-11-9-10-14-21(18)22-15-19(2)25-16-23(22)26(5)17-24(3,4)20-12-7-6-8-13-20;6*1-2/h6-16H,1-5H3;6-16H,17H2,1-5H3;6*1-2H3. The number of hydrogen-bond donors (Lipinski definition) is 0. The van der Waals surface area contributed by atoms with E-state index in [4.69, 9.17) is 0 Å². The second-order valence-corrected chi connectivity index (χ2v) is 15.3. The molecule has 0 aliphatic carbocycles. The first-order chi connectivity index (χ1) is 31.2. The van der Waals surface area contributed by atoms with Crippen LogP contribution in [-0.2, 0) is 15.6 Å². The van der Waals surface area contributed by atoms with E-state index < -0.39 is 5.41 Å². The molecule has 0 saturated carbocycles. The zero-order valence-electron chi connectivity index (χ0n) is 45.1. The molecular weight excluding hydrogens is 793 g/mol. The molecule has 0 fully saturated rings. The topological polar surface area (TPSA) is 49.3 Å². The lowest BCUT2D eigenvalue weighted by Gasteiger charge is -2.33. The molecule has 0 bridgehead atoms. The van der Waals surface area contributed by atoms with Gasteiger partial charge in [0.05, 0.1) is 29.2 Å². The minimum absolute atomic E-state index is 0.0363. The van der Waals surface area contributed by atoms with Crippen LogP contribution in [0.4, 0.5) is 11.4 Å². The molecule has 0 spiro atoms. The zero-order chi connectivity index (χ0) is 50.3. The molecule has 6 rings (SSSR count). The van der Waals surface area contributed by atoms with E-state index in [1.54, 1.807) is 11.1 Å². The highest BCUT2D eigenvalue weighted by Gasteiger charge is 2.34. The van der Waals surface area contributed by atoms with Gasteiger partial charge in [0.15, 0.2) is 0 Å². The SMILES string of the molecule is CC.CC.CC.CC.CC.CC.Cc1cc(-c2ccccc2C)c(N(C)C(=O)C(C)(C)c2ccccc2)cn1.Cc1cc(-c2ccccc2C)c(N(C)CC(C)(C)c2ccccc2)cn1. The Morgan fingerprint density at radius 3 is 1.20 bits per heavy atom. The molecule has 1 amide bonds. The summed E-state index contributed by atoms with van der Waals surface area (Å²) < 4.78 is 0. The van der Waals surface area contributed by atoms with Crippen LogP contribution in [0.5, 0.6) is 0 Å². The van der Waals surface area contributed by atoms with E-state index in [-0.39, 0.29) is 11.3 Å². The smallest absolute Gasteiger partial charge is 0.236 e. The normalized spacial score (nSPS) is 9.82. The van der Waals surface area contributed by atoms with Crippen molar-refractivity contribution in [3.05, 3.63) is 167 Å². The number of carbonyl (C=O) groups is 1. The van der Waals surface area contributed by atoms with Gasteiger partial charge >= 0.3 is 0 Å². The number of anilines is 2. The number of benzene rings is 4. The number of aromatic nitrogens is 2. The Labute approximate surface area is 399 Å². The quantitative estimate of drug-likeness (QED) is 0.145. The molecular formula is C60H90N4O. The molecule has 0 saturated heterocycles. The van der Waals surface area contributed by atoms with E-state index in [2.05, 4.69) is 135 Å². The fraction of sp³-hybridized carbons (Fsp3) is 0.417. The average Bonchev–Trinajstić information content (AvgIpc) is 3.35. The summed E-state index contributed by atoms with van der Waals surface area (Å²) in [6.45, 7) is 41.7. The first kappa shape index (κ1) is 61.5. The lowest BCUT2D eigenvalue weighted by molar-refractivity contribution is -0.122. The molecule has 6 aromatic rings. The van der Waals surface area contributed by atoms with E-state index in [0.717, 1.165) is 40.3 Å². The van der Waals surface area contributed by atoms with Crippen LogP contribution in [0.25, 0.3) is 22.3 Å². The number of hydrogen-bond acceptors (Lipinski definition) is 4. The summed E-state index contributed by atoms with van der Waals surface area (Å²) in [5.41, 5.74) is 12.9. The number of carbonyl (C=O) groups excluding carboxylic acids is 1. The summed E-state index contributed by atoms with van der Waals surface area (Å²) in [5, 5.41) is 0. The van der Waals surface area contributed by atoms with Gasteiger partial charge in [-0.25, -0.2) is 0 Å². The van der Waals surface area contributed by atoms with E-state index in [0.29, 0.717) is 0 Å². The average molecular weight is 883 g/mol. The maximum absolute atomic E-state index is 13.4. The Hall–Kier alpha value is -5.55. The van der Waals surface area contributed by atoms with Gasteiger partial charge in [0, 0.05) is 48.6 Å². The van der Waals surface area contributed by atoms with E-state index in [9.17, 15) is 4.79 Å². The van der Waals surface area contributed by atoms with Gasteiger partial charge in [0.2, 0.25) is 5.91 Å². The maximum Gasteiger partial charge on any atom is 0.236 e. The third-order valence-corrected chi connectivity index (χ3v) is 10.2. The lowest BCUT2D eigenvalue weighted by atomic mass is 9.83. The number of nitrogens with zero attached hydrogens (tertiary/aromatic N) is 4. The number of likely N-dealkylation sites (N-methyl/N-ethyl adjacent to an activating group) is 2. The van der Waals surface area contributed by atoms with Crippen LogP contribution in [0, 0.1) is 27.7 Å². The summed E-state index contributed by atoms with van der Waals surface area (Å²) >= 11 is 0. The first-order valence-corrected chi connectivity index (χ1v) is 24.4. The Balaban J connectivity index is 0. The molecule has 0 aliphatic heterocycles. The van der Waals surface area contributed by atoms with E-state index in [1.165, 1.54) is 33.5 Å². The zero-order valence-corrected chi connectivity index (χ0v) is 45.1. The van der Waals surface area contributed by atoms with E-state index in [1.807, 2.05) is 160 Å². The highest BCUT2D eigenvalue weighted by molar-refractivity contribution is 6.03. The van der Waals surface area contributed by atoms with Crippen molar-refractivity contribution in [1.82, 2.24) is 9.97 Å². The summed E-state index contributed by atoms with van der Waals surface area (Å²) in [7, 11) is 4.00. The van der Waals surface area contributed by atoms with Crippen LogP contribution in [0.2, 0.25) is 0 Å². The van der Waals surface area contributed by atoms with Gasteiger partial charge in [-0.15, -0.1) is 0 Å². The third kappa shape index (κ3) is 18.1. The summed E-state index contributed by atoms with van der Waals surface area (Å²) in [6, 6.07) is 41.7. The fourth-order valence-electron chi connectivity index (χ4n) is 7.02. The van der Waals surface area contributed by atoms with Crippen molar-refractivity contribution in [2.75, 3.05) is 30.4 Å². The largest absolute Gasteiger partial charge is 0.372 e. The van der Waals surface area contributed by atoms with Gasteiger partial charge in [-0.05, 0) is 87.1 Å². The summed E-state index contributed by atoms with van der Waals surface area (Å²) in [4.78, 5) is 26.5. The molecule has 356 valence electrons. The minimum atomic E-state index is -0.635. The second kappa shape index (κ2) is 33.0. The van der Waals surface area contributed by atoms with Gasteiger partial charge in [-0.1, -0.05) is 206 Å². The Bertz CT molecular complexity index is 2160. The van der Waals surface area contributed by atoms with Crippen LogP contribution in [0.1, 0.15) is 144 Å². The predicted molar refractivity (Wildman–Crippen MR) is 292 cm³/mol. The molecule has 0 aliphatic rings. The minimum Gasteiger partial charge on any atom is -0.372 e. The van der Waals surface area contributed by atoms with Crippen LogP contribution in [0.3, 0.4) is 0 Å². The molecule has 0 unspecified atom stereocenters. The lowest BCUT2D eigenvalue weighted by Crippen LogP contribution is -2.41. The van der Waals surface area contributed by atoms with Crippen molar-refractivity contribution >= 4 is 17.3 Å². The van der Waals surface area contributed by atoms with Crippen LogP contribution in [-0.4, -0.2) is 36.5 Å². The van der Waals surface area contributed by atoms with Gasteiger partial charge in [0.25, 0.3) is 0 Å². The van der Waals surface area contributed by atoms with E-state index >= 15 is 0 Å². The Kier molecular flexibility index (Phi) is 31.2. The van der Waals surface area contributed by atoms with Crippen LogP contribution < -0.4 is 9.80 Å². The van der Waals surface area contributed by atoms with Crippen molar-refractivity contribution in [2.24, 2.45) is 0 Å². The molecule has 2 aromatic heterocycles. The Morgan fingerprint density at radius 2 is 0.800 bits per heavy atom.